The third kappa shape index (κ3) is 9.37. The topological polar surface area (TPSA) is 73.3 Å². The monoisotopic (exact) mass is 495 g/mol. The van der Waals surface area contributed by atoms with Crippen LogP contribution in [0.5, 0.6) is 17.2 Å². The first-order chi connectivity index (χ1) is 12.5. The lowest BCUT2D eigenvalue weighted by atomic mass is 10.1. The summed E-state index contributed by atoms with van der Waals surface area (Å²) in [4.78, 5) is 4.22. The molecule has 0 saturated carbocycles. The molecule has 1 aromatic rings. The average molecular weight is 495 g/mol. The fourth-order valence-corrected chi connectivity index (χ4v) is 2.31. The number of rotatable bonds is 11. The van der Waals surface area contributed by atoms with Gasteiger partial charge in [-0.15, -0.1) is 24.0 Å². The molecule has 0 spiro atoms. The fourth-order valence-electron chi connectivity index (χ4n) is 2.31. The van der Waals surface area contributed by atoms with Crippen LogP contribution in [0.2, 0.25) is 0 Å². The largest absolute Gasteiger partial charge is 0.493 e. The lowest BCUT2D eigenvalue weighted by Crippen LogP contribution is -2.38. The van der Waals surface area contributed by atoms with Crippen LogP contribution in [0, 0.1) is 5.92 Å². The molecule has 0 aliphatic heterocycles. The van der Waals surface area contributed by atoms with Gasteiger partial charge >= 0.3 is 0 Å². The van der Waals surface area contributed by atoms with Crippen molar-refractivity contribution in [3.63, 3.8) is 0 Å². The van der Waals surface area contributed by atoms with E-state index in [0.717, 1.165) is 18.6 Å². The third-order valence-electron chi connectivity index (χ3n) is 3.79. The number of methoxy groups -OCH3 is 3. The minimum absolute atomic E-state index is 0. The summed E-state index contributed by atoms with van der Waals surface area (Å²) in [6.07, 6.45) is 1.08. The molecule has 2 N–H and O–H groups in total. The van der Waals surface area contributed by atoms with Gasteiger partial charge in [0.25, 0.3) is 0 Å². The molecule has 27 heavy (non-hydrogen) atoms. The molecule has 7 nitrogen and oxygen atoms in total. The molecule has 0 bridgehead atoms. The summed E-state index contributed by atoms with van der Waals surface area (Å²) >= 11 is 0. The molecular weight excluding hydrogens is 461 g/mol. The SMILES string of the molecule is CN=C(NCCOCCC(C)C)NCc1cc(OC)c(OC)c(OC)c1.I. The second-order valence-corrected chi connectivity index (χ2v) is 6.18. The summed E-state index contributed by atoms with van der Waals surface area (Å²) in [6.45, 7) is 7.10. The van der Waals surface area contributed by atoms with Crippen LogP contribution in [0.4, 0.5) is 0 Å². The summed E-state index contributed by atoms with van der Waals surface area (Å²) in [6, 6.07) is 3.83. The predicted molar refractivity (Wildman–Crippen MR) is 120 cm³/mol. The highest BCUT2D eigenvalue weighted by molar-refractivity contribution is 14.0. The summed E-state index contributed by atoms with van der Waals surface area (Å²) in [5, 5.41) is 6.50. The van der Waals surface area contributed by atoms with Crippen molar-refractivity contribution in [3.05, 3.63) is 17.7 Å². The molecule has 0 heterocycles. The van der Waals surface area contributed by atoms with Crippen LogP contribution in [0.25, 0.3) is 0 Å². The Balaban J connectivity index is 0.00000676. The van der Waals surface area contributed by atoms with Gasteiger partial charge < -0.3 is 29.6 Å². The second-order valence-electron chi connectivity index (χ2n) is 6.18. The molecule has 0 radical (unpaired) electrons. The van der Waals surface area contributed by atoms with Crippen molar-refractivity contribution in [2.24, 2.45) is 10.9 Å². The standard InChI is InChI=1S/C19H33N3O4.HI/c1-14(2)7-9-26-10-8-21-19(20-3)22-13-15-11-16(23-4)18(25-6)17(12-15)24-5;/h11-12,14H,7-10,13H2,1-6H3,(H2,20,21,22);1H. The Hall–Kier alpha value is -1.42. The maximum absolute atomic E-state index is 5.60. The van der Waals surface area contributed by atoms with Crippen LogP contribution < -0.4 is 24.8 Å². The second kappa shape index (κ2) is 14.6. The first-order valence-electron chi connectivity index (χ1n) is 8.86. The molecule has 0 aromatic heterocycles. The highest BCUT2D eigenvalue weighted by Crippen LogP contribution is 2.38. The number of nitrogens with one attached hydrogen (secondary N) is 2. The van der Waals surface area contributed by atoms with Gasteiger partial charge in [0.05, 0.1) is 27.9 Å². The Morgan fingerprint density at radius 3 is 2.11 bits per heavy atom. The fraction of sp³-hybridized carbons (Fsp3) is 0.632. The molecule has 156 valence electrons. The quantitative estimate of drug-likeness (QED) is 0.213. The number of ether oxygens (including phenoxy) is 4. The van der Waals surface area contributed by atoms with Crippen molar-refractivity contribution < 1.29 is 18.9 Å². The molecule has 0 fully saturated rings. The first-order valence-corrected chi connectivity index (χ1v) is 8.86. The predicted octanol–water partition coefficient (Wildman–Crippen LogP) is 3.06. The molecule has 0 atom stereocenters. The summed E-state index contributed by atoms with van der Waals surface area (Å²) in [7, 11) is 6.54. The van der Waals surface area contributed by atoms with Crippen molar-refractivity contribution in [3.8, 4) is 17.2 Å². The van der Waals surface area contributed by atoms with Crippen molar-refractivity contribution in [1.29, 1.82) is 0 Å². The number of hydrogen-bond acceptors (Lipinski definition) is 5. The number of aliphatic imine (C=N–C) groups is 1. The minimum atomic E-state index is 0. The van der Waals surface area contributed by atoms with Gasteiger partial charge in [0.15, 0.2) is 17.5 Å². The van der Waals surface area contributed by atoms with E-state index in [1.807, 2.05) is 12.1 Å². The van der Waals surface area contributed by atoms with Crippen LogP contribution in [0.1, 0.15) is 25.8 Å². The van der Waals surface area contributed by atoms with Crippen LogP contribution in [0.3, 0.4) is 0 Å². The van der Waals surface area contributed by atoms with E-state index in [4.69, 9.17) is 18.9 Å². The van der Waals surface area contributed by atoms with Gasteiger partial charge in [-0.25, -0.2) is 0 Å². The van der Waals surface area contributed by atoms with E-state index < -0.39 is 0 Å². The highest BCUT2D eigenvalue weighted by Gasteiger charge is 2.13. The Kier molecular flexibility index (Phi) is 13.8. The van der Waals surface area contributed by atoms with Gasteiger partial charge in [0.1, 0.15) is 0 Å². The Labute approximate surface area is 180 Å². The molecule has 1 rings (SSSR count). The van der Waals surface area contributed by atoms with Gasteiger partial charge in [0.2, 0.25) is 5.75 Å². The number of hydrogen-bond donors (Lipinski definition) is 2. The number of halogens is 1. The maximum Gasteiger partial charge on any atom is 0.203 e. The molecule has 0 amide bonds. The number of benzene rings is 1. The van der Waals surface area contributed by atoms with Gasteiger partial charge in [-0.05, 0) is 30.0 Å². The average Bonchev–Trinajstić information content (AvgIpc) is 2.65. The maximum atomic E-state index is 5.60. The van der Waals surface area contributed by atoms with Gasteiger partial charge in [-0.2, -0.15) is 0 Å². The van der Waals surface area contributed by atoms with Crippen LogP contribution in [-0.4, -0.2) is 54.1 Å². The van der Waals surface area contributed by atoms with E-state index in [2.05, 4.69) is 29.5 Å². The van der Waals surface area contributed by atoms with Crippen molar-refractivity contribution >= 4 is 29.9 Å². The van der Waals surface area contributed by atoms with Crippen molar-refractivity contribution in [2.75, 3.05) is 48.1 Å². The zero-order valence-electron chi connectivity index (χ0n) is 17.3. The van der Waals surface area contributed by atoms with E-state index in [1.165, 1.54) is 0 Å². The van der Waals surface area contributed by atoms with E-state index in [-0.39, 0.29) is 24.0 Å². The van der Waals surface area contributed by atoms with Crippen LogP contribution >= 0.6 is 24.0 Å². The molecule has 0 aliphatic rings. The lowest BCUT2D eigenvalue weighted by Gasteiger charge is -2.16. The lowest BCUT2D eigenvalue weighted by molar-refractivity contribution is 0.128. The molecule has 0 saturated heterocycles. The van der Waals surface area contributed by atoms with Crippen molar-refractivity contribution in [2.45, 2.75) is 26.8 Å². The minimum Gasteiger partial charge on any atom is -0.493 e. The summed E-state index contributed by atoms with van der Waals surface area (Å²) < 4.78 is 21.7. The van der Waals surface area contributed by atoms with E-state index >= 15 is 0 Å². The Morgan fingerprint density at radius 1 is 1.00 bits per heavy atom. The molecule has 0 aliphatic carbocycles. The van der Waals surface area contributed by atoms with E-state index in [0.29, 0.717) is 48.8 Å². The van der Waals surface area contributed by atoms with E-state index in [1.54, 1.807) is 28.4 Å². The van der Waals surface area contributed by atoms with Gasteiger partial charge in [-0.1, -0.05) is 13.8 Å². The number of guanidine groups is 1. The highest BCUT2D eigenvalue weighted by atomic mass is 127. The van der Waals surface area contributed by atoms with Crippen LogP contribution in [-0.2, 0) is 11.3 Å². The Bertz CT molecular complexity index is 543. The molecule has 0 unspecified atom stereocenters. The summed E-state index contributed by atoms with van der Waals surface area (Å²) in [5.41, 5.74) is 0.996. The molecule has 1 aromatic carbocycles. The number of nitrogens with zero attached hydrogens (tertiary/aromatic N) is 1. The Morgan fingerprint density at radius 2 is 1.63 bits per heavy atom. The van der Waals surface area contributed by atoms with Crippen LogP contribution in [0.15, 0.2) is 17.1 Å². The molecular formula is C19H34IN3O4. The van der Waals surface area contributed by atoms with Gasteiger partial charge in [-0.3, -0.25) is 4.99 Å². The van der Waals surface area contributed by atoms with Gasteiger partial charge in [0, 0.05) is 26.7 Å². The first kappa shape index (κ1) is 25.6. The third-order valence-corrected chi connectivity index (χ3v) is 3.79. The summed E-state index contributed by atoms with van der Waals surface area (Å²) in [5.74, 6) is 3.22. The van der Waals surface area contributed by atoms with E-state index in [9.17, 15) is 0 Å². The van der Waals surface area contributed by atoms with Crippen molar-refractivity contribution in [1.82, 2.24) is 10.6 Å². The zero-order chi connectivity index (χ0) is 19.4. The molecule has 8 heteroatoms. The zero-order valence-corrected chi connectivity index (χ0v) is 19.6. The smallest absolute Gasteiger partial charge is 0.203 e. The normalized spacial score (nSPS) is 11.0.